The van der Waals surface area contributed by atoms with Crippen LogP contribution in [-0.4, -0.2) is 23.6 Å². The summed E-state index contributed by atoms with van der Waals surface area (Å²) in [7, 11) is 1.84. The van der Waals surface area contributed by atoms with Gasteiger partial charge in [-0.15, -0.1) is 0 Å². The minimum Gasteiger partial charge on any atom is -0.273 e. The molecule has 1 atom stereocenters. The lowest BCUT2D eigenvalue weighted by atomic mass is 10.1. The maximum absolute atomic E-state index is 3.89. The number of rotatable bonds is 4. The average Bonchev–Trinajstić information content (AvgIpc) is 2.00. The zero-order chi connectivity index (χ0) is 9.02. The van der Waals surface area contributed by atoms with E-state index in [4.69, 9.17) is 0 Å². The lowest BCUT2D eigenvalue weighted by Gasteiger charge is -2.22. The molecule has 0 aliphatic carbocycles. The fraction of sp³-hybridized carbons (Fsp3) is 0.625. The minimum absolute atomic E-state index is 0.276. The quantitative estimate of drug-likeness (QED) is 0.403. The van der Waals surface area contributed by atoms with Crippen molar-refractivity contribution in [2.45, 2.75) is 18.7 Å². The Bertz CT molecular complexity index is 154. The molecule has 11 heavy (non-hydrogen) atoms. The first-order valence-electron chi connectivity index (χ1n) is 3.54. The van der Waals surface area contributed by atoms with E-state index in [-0.39, 0.29) is 4.83 Å². The van der Waals surface area contributed by atoms with E-state index in [1.54, 1.807) is 5.01 Å². The van der Waals surface area contributed by atoms with Gasteiger partial charge in [0.2, 0.25) is 0 Å². The third kappa shape index (κ3) is 3.06. The van der Waals surface area contributed by atoms with Gasteiger partial charge in [0.05, 0.1) is 4.83 Å². The molecule has 0 aromatic rings. The van der Waals surface area contributed by atoms with Gasteiger partial charge in [0.1, 0.15) is 0 Å². The van der Waals surface area contributed by atoms with Crippen LogP contribution >= 0.6 is 15.9 Å². The van der Waals surface area contributed by atoms with E-state index in [1.165, 1.54) is 0 Å². The van der Waals surface area contributed by atoms with E-state index in [9.17, 15) is 0 Å². The Labute approximate surface area is 77.1 Å². The van der Waals surface area contributed by atoms with E-state index in [1.807, 2.05) is 7.05 Å². The zero-order valence-corrected chi connectivity index (χ0v) is 8.93. The average molecular weight is 219 g/mol. The minimum atomic E-state index is 0.276. The van der Waals surface area contributed by atoms with Crippen LogP contribution in [-0.2, 0) is 0 Å². The molecule has 0 aromatic carbocycles. The predicted octanol–water partition coefficient (Wildman–Crippen LogP) is 2.47. The van der Waals surface area contributed by atoms with Crippen molar-refractivity contribution in [1.29, 1.82) is 0 Å². The summed E-state index contributed by atoms with van der Waals surface area (Å²) < 4.78 is 0. The molecule has 3 heteroatoms. The number of hydrazone groups is 1. The molecule has 1 unspecified atom stereocenters. The molecule has 0 bridgehead atoms. The van der Waals surface area contributed by atoms with Gasteiger partial charge >= 0.3 is 0 Å². The normalized spacial score (nSPS) is 12.8. The zero-order valence-electron chi connectivity index (χ0n) is 7.34. The van der Waals surface area contributed by atoms with Crippen LogP contribution in [0.5, 0.6) is 0 Å². The number of nitrogens with zero attached hydrogens (tertiary/aromatic N) is 2. The number of allylic oxidation sites excluding steroid dienone is 1. The van der Waals surface area contributed by atoms with Crippen molar-refractivity contribution in [3.63, 3.8) is 0 Å². The monoisotopic (exact) mass is 218 g/mol. The Morgan fingerprint density at radius 2 is 2.00 bits per heavy atom. The second-order valence-electron chi connectivity index (χ2n) is 2.80. The summed E-state index contributed by atoms with van der Waals surface area (Å²) >= 11 is 3.52. The molecule has 0 spiro atoms. The van der Waals surface area contributed by atoms with Gasteiger partial charge in [0, 0.05) is 19.5 Å². The maximum Gasteiger partial charge on any atom is 0.0581 e. The van der Waals surface area contributed by atoms with E-state index < -0.39 is 0 Å². The molecule has 0 aliphatic heterocycles. The number of hydrogen-bond donors (Lipinski definition) is 0. The van der Waals surface area contributed by atoms with Gasteiger partial charge in [-0.05, 0) is 5.92 Å². The molecule has 0 aliphatic rings. The van der Waals surface area contributed by atoms with Gasteiger partial charge in [0.15, 0.2) is 0 Å². The summed E-state index contributed by atoms with van der Waals surface area (Å²) in [4.78, 5) is 0.276. The van der Waals surface area contributed by atoms with E-state index in [0.717, 1.165) is 5.70 Å². The largest absolute Gasteiger partial charge is 0.273 e. The highest BCUT2D eigenvalue weighted by Crippen LogP contribution is 2.21. The summed E-state index contributed by atoms with van der Waals surface area (Å²) in [6.45, 7) is 11.6. The Morgan fingerprint density at radius 1 is 1.55 bits per heavy atom. The van der Waals surface area contributed by atoms with Crippen LogP contribution in [0.1, 0.15) is 13.8 Å². The van der Waals surface area contributed by atoms with Crippen LogP contribution in [0.15, 0.2) is 17.4 Å². The SMILES string of the molecule is C=NN(C)C(=C)C(Br)C(C)C. The molecule has 64 valence electrons. The van der Waals surface area contributed by atoms with Crippen LogP contribution in [0.2, 0.25) is 0 Å². The molecule has 0 heterocycles. The first-order chi connectivity index (χ1) is 5.00. The second kappa shape index (κ2) is 4.54. The van der Waals surface area contributed by atoms with Crippen molar-refractivity contribution in [3.05, 3.63) is 12.3 Å². The molecule has 0 saturated heterocycles. The van der Waals surface area contributed by atoms with Gasteiger partial charge in [-0.25, -0.2) is 0 Å². The van der Waals surface area contributed by atoms with Crippen molar-refractivity contribution < 1.29 is 0 Å². The molecule has 0 aromatic heterocycles. The molecular formula is C8H15BrN2. The molecule has 0 amide bonds. The van der Waals surface area contributed by atoms with Crippen LogP contribution in [0.25, 0.3) is 0 Å². The van der Waals surface area contributed by atoms with Crippen molar-refractivity contribution in [2.75, 3.05) is 7.05 Å². The first kappa shape index (κ1) is 10.7. The Morgan fingerprint density at radius 3 is 2.27 bits per heavy atom. The van der Waals surface area contributed by atoms with Gasteiger partial charge in [0.25, 0.3) is 0 Å². The Balaban J connectivity index is 4.12. The topological polar surface area (TPSA) is 15.6 Å². The first-order valence-corrected chi connectivity index (χ1v) is 4.45. The van der Waals surface area contributed by atoms with Crippen LogP contribution in [0.3, 0.4) is 0 Å². The molecular weight excluding hydrogens is 204 g/mol. The second-order valence-corrected chi connectivity index (χ2v) is 3.79. The lowest BCUT2D eigenvalue weighted by Crippen LogP contribution is -2.21. The third-order valence-corrected chi connectivity index (χ3v) is 3.12. The van der Waals surface area contributed by atoms with Crippen LogP contribution < -0.4 is 0 Å². The third-order valence-electron chi connectivity index (χ3n) is 1.53. The fourth-order valence-corrected chi connectivity index (χ4v) is 0.950. The summed E-state index contributed by atoms with van der Waals surface area (Å²) in [5.41, 5.74) is 0.940. The van der Waals surface area contributed by atoms with Crippen molar-refractivity contribution in [1.82, 2.24) is 5.01 Å². The standard InChI is InChI=1S/C8H15BrN2/c1-6(2)8(9)7(3)11(5)10-4/h6,8H,3-4H2,1-2,5H3. The highest BCUT2D eigenvalue weighted by Gasteiger charge is 2.15. The van der Waals surface area contributed by atoms with Crippen LogP contribution in [0.4, 0.5) is 0 Å². The molecule has 2 nitrogen and oxygen atoms in total. The predicted molar refractivity (Wildman–Crippen MR) is 54.0 cm³/mol. The van der Waals surface area contributed by atoms with Gasteiger partial charge in [-0.3, -0.25) is 5.01 Å². The molecule has 0 radical (unpaired) electrons. The maximum atomic E-state index is 3.89. The Kier molecular flexibility index (Phi) is 4.42. The molecule has 0 saturated carbocycles. The van der Waals surface area contributed by atoms with Crippen molar-refractivity contribution in [2.24, 2.45) is 11.0 Å². The van der Waals surface area contributed by atoms with Gasteiger partial charge in [-0.1, -0.05) is 36.4 Å². The van der Waals surface area contributed by atoms with Gasteiger partial charge in [-0.2, -0.15) is 5.10 Å². The summed E-state index contributed by atoms with van der Waals surface area (Å²) in [5, 5.41) is 5.43. The number of alkyl halides is 1. The van der Waals surface area contributed by atoms with E-state index in [2.05, 4.69) is 48.2 Å². The summed E-state index contributed by atoms with van der Waals surface area (Å²) in [6, 6.07) is 0. The highest BCUT2D eigenvalue weighted by molar-refractivity contribution is 9.09. The number of halogens is 1. The van der Waals surface area contributed by atoms with Crippen molar-refractivity contribution >= 4 is 22.6 Å². The smallest absolute Gasteiger partial charge is 0.0581 e. The van der Waals surface area contributed by atoms with Crippen LogP contribution in [0, 0.1) is 5.92 Å². The van der Waals surface area contributed by atoms with E-state index >= 15 is 0 Å². The van der Waals surface area contributed by atoms with Gasteiger partial charge < -0.3 is 0 Å². The Hall–Kier alpha value is -0.310. The lowest BCUT2D eigenvalue weighted by molar-refractivity contribution is 0.418. The van der Waals surface area contributed by atoms with E-state index in [0.29, 0.717) is 5.92 Å². The van der Waals surface area contributed by atoms with Crippen molar-refractivity contribution in [3.8, 4) is 0 Å². The highest BCUT2D eigenvalue weighted by atomic mass is 79.9. The molecule has 0 N–H and O–H groups in total. The number of hydrogen-bond acceptors (Lipinski definition) is 2. The molecule has 0 fully saturated rings. The summed E-state index contributed by atoms with van der Waals surface area (Å²) in [6.07, 6.45) is 0. The molecule has 0 rings (SSSR count). The summed E-state index contributed by atoms with van der Waals surface area (Å²) in [5.74, 6) is 0.520. The fourth-order valence-electron chi connectivity index (χ4n) is 0.654.